The molecule has 2 rings (SSSR count). The standard InChI is InChI=1S/C15H16N2O/c1-12(18)16-11-10-14-8-5-9-15(17-14)13-6-3-2-4-7-13/h2-9H,10-11H2,1H3,(H,16,18). The van der Waals surface area contributed by atoms with Crippen LogP contribution in [-0.2, 0) is 11.2 Å². The number of benzene rings is 1. The van der Waals surface area contributed by atoms with E-state index in [0.717, 1.165) is 23.4 Å². The lowest BCUT2D eigenvalue weighted by atomic mass is 10.1. The fourth-order valence-corrected chi connectivity index (χ4v) is 1.76. The minimum absolute atomic E-state index is 0.00536. The van der Waals surface area contributed by atoms with E-state index in [1.807, 2.05) is 48.5 Å². The molecule has 0 atom stereocenters. The van der Waals surface area contributed by atoms with Crippen LogP contribution in [0.2, 0.25) is 0 Å². The summed E-state index contributed by atoms with van der Waals surface area (Å²) in [4.78, 5) is 15.4. The maximum absolute atomic E-state index is 10.8. The Balaban J connectivity index is 2.08. The first-order chi connectivity index (χ1) is 8.75. The fraction of sp³-hybridized carbons (Fsp3) is 0.200. The largest absolute Gasteiger partial charge is 0.356 e. The number of nitrogens with one attached hydrogen (secondary N) is 1. The van der Waals surface area contributed by atoms with Gasteiger partial charge in [0.2, 0.25) is 5.91 Å². The Labute approximate surface area is 107 Å². The first-order valence-corrected chi connectivity index (χ1v) is 6.01. The van der Waals surface area contributed by atoms with Gasteiger partial charge in [-0.3, -0.25) is 9.78 Å². The van der Waals surface area contributed by atoms with Gasteiger partial charge in [0.25, 0.3) is 0 Å². The lowest BCUT2D eigenvalue weighted by Crippen LogP contribution is -2.22. The van der Waals surface area contributed by atoms with Crippen LogP contribution in [0.3, 0.4) is 0 Å². The second-order valence-corrected chi connectivity index (χ2v) is 4.11. The van der Waals surface area contributed by atoms with Crippen molar-refractivity contribution in [2.75, 3.05) is 6.54 Å². The van der Waals surface area contributed by atoms with Gasteiger partial charge in [-0.2, -0.15) is 0 Å². The van der Waals surface area contributed by atoms with Gasteiger partial charge < -0.3 is 5.32 Å². The van der Waals surface area contributed by atoms with Crippen LogP contribution in [0.5, 0.6) is 0 Å². The molecule has 0 saturated carbocycles. The SMILES string of the molecule is CC(=O)NCCc1cccc(-c2ccccc2)n1. The molecule has 2 aromatic rings. The van der Waals surface area contributed by atoms with Gasteiger partial charge in [-0.15, -0.1) is 0 Å². The van der Waals surface area contributed by atoms with Crippen molar-refractivity contribution in [1.29, 1.82) is 0 Å². The summed E-state index contributed by atoms with van der Waals surface area (Å²) < 4.78 is 0. The minimum Gasteiger partial charge on any atom is -0.356 e. The van der Waals surface area contributed by atoms with Gasteiger partial charge in [0.05, 0.1) is 5.69 Å². The third-order valence-corrected chi connectivity index (χ3v) is 2.63. The third-order valence-electron chi connectivity index (χ3n) is 2.63. The first kappa shape index (κ1) is 12.3. The molecular weight excluding hydrogens is 224 g/mol. The predicted molar refractivity (Wildman–Crippen MR) is 72.1 cm³/mol. The van der Waals surface area contributed by atoms with Crippen molar-refractivity contribution in [1.82, 2.24) is 10.3 Å². The van der Waals surface area contributed by atoms with Crippen molar-refractivity contribution in [3.63, 3.8) is 0 Å². The molecule has 0 radical (unpaired) electrons. The zero-order valence-corrected chi connectivity index (χ0v) is 10.4. The Kier molecular flexibility index (Phi) is 4.07. The van der Waals surface area contributed by atoms with Crippen molar-refractivity contribution in [3.05, 3.63) is 54.2 Å². The van der Waals surface area contributed by atoms with Crippen molar-refractivity contribution in [2.45, 2.75) is 13.3 Å². The number of hydrogen-bond donors (Lipinski definition) is 1. The summed E-state index contributed by atoms with van der Waals surface area (Å²) in [5.41, 5.74) is 3.07. The van der Waals surface area contributed by atoms with E-state index in [4.69, 9.17) is 0 Å². The molecule has 0 saturated heterocycles. The van der Waals surface area contributed by atoms with E-state index in [2.05, 4.69) is 10.3 Å². The molecule has 1 N–H and O–H groups in total. The van der Waals surface area contributed by atoms with E-state index in [1.165, 1.54) is 6.92 Å². The predicted octanol–water partition coefficient (Wildman–Crippen LogP) is 2.43. The number of aromatic nitrogens is 1. The summed E-state index contributed by atoms with van der Waals surface area (Å²) >= 11 is 0. The molecule has 3 heteroatoms. The highest BCUT2D eigenvalue weighted by Crippen LogP contribution is 2.16. The van der Waals surface area contributed by atoms with Crippen LogP contribution in [0.15, 0.2) is 48.5 Å². The molecule has 0 spiro atoms. The molecule has 0 unspecified atom stereocenters. The summed E-state index contributed by atoms with van der Waals surface area (Å²) in [7, 11) is 0. The molecule has 1 heterocycles. The van der Waals surface area contributed by atoms with E-state index < -0.39 is 0 Å². The monoisotopic (exact) mass is 240 g/mol. The molecule has 0 aliphatic rings. The van der Waals surface area contributed by atoms with Crippen LogP contribution in [0.25, 0.3) is 11.3 Å². The highest BCUT2D eigenvalue weighted by atomic mass is 16.1. The quantitative estimate of drug-likeness (QED) is 0.891. The molecule has 0 aliphatic carbocycles. The van der Waals surface area contributed by atoms with Gasteiger partial charge >= 0.3 is 0 Å². The van der Waals surface area contributed by atoms with Crippen molar-refractivity contribution < 1.29 is 4.79 Å². The minimum atomic E-state index is -0.00536. The Hall–Kier alpha value is -2.16. The van der Waals surface area contributed by atoms with Gasteiger partial charge in [-0.25, -0.2) is 0 Å². The third kappa shape index (κ3) is 3.42. The summed E-state index contributed by atoms with van der Waals surface area (Å²) in [6.07, 6.45) is 0.750. The zero-order chi connectivity index (χ0) is 12.8. The van der Waals surface area contributed by atoms with E-state index in [0.29, 0.717) is 6.54 Å². The van der Waals surface area contributed by atoms with Gasteiger partial charge in [0.15, 0.2) is 0 Å². The Morgan fingerprint density at radius 1 is 1.11 bits per heavy atom. The first-order valence-electron chi connectivity index (χ1n) is 6.01. The normalized spacial score (nSPS) is 10.1. The summed E-state index contributed by atoms with van der Waals surface area (Å²) in [5, 5.41) is 2.77. The van der Waals surface area contributed by atoms with E-state index in [1.54, 1.807) is 0 Å². The van der Waals surface area contributed by atoms with E-state index in [9.17, 15) is 4.79 Å². The molecule has 18 heavy (non-hydrogen) atoms. The van der Waals surface area contributed by atoms with Crippen LogP contribution < -0.4 is 5.32 Å². The average molecular weight is 240 g/mol. The number of rotatable bonds is 4. The molecule has 92 valence electrons. The van der Waals surface area contributed by atoms with Gasteiger partial charge in [0.1, 0.15) is 0 Å². The van der Waals surface area contributed by atoms with Gasteiger partial charge in [-0.1, -0.05) is 36.4 Å². The van der Waals surface area contributed by atoms with E-state index in [-0.39, 0.29) is 5.91 Å². The van der Waals surface area contributed by atoms with Gasteiger partial charge in [-0.05, 0) is 12.1 Å². The maximum Gasteiger partial charge on any atom is 0.216 e. The fourth-order valence-electron chi connectivity index (χ4n) is 1.76. The number of carbonyl (C=O) groups is 1. The molecule has 1 aromatic carbocycles. The van der Waals surface area contributed by atoms with Crippen molar-refractivity contribution >= 4 is 5.91 Å². The Morgan fingerprint density at radius 2 is 1.89 bits per heavy atom. The lowest BCUT2D eigenvalue weighted by molar-refractivity contribution is -0.118. The number of hydrogen-bond acceptors (Lipinski definition) is 2. The molecular formula is C15H16N2O. The van der Waals surface area contributed by atoms with Crippen LogP contribution in [0.4, 0.5) is 0 Å². The van der Waals surface area contributed by atoms with Crippen LogP contribution in [-0.4, -0.2) is 17.4 Å². The second kappa shape index (κ2) is 5.96. The lowest BCUT2D eigenvalue weighted by Gasteiger charge is -2.05. The van der Waals surface area contributed by atoms with Crippen molar-refractivity contribution in [3.8, 4) is 11.3 Å². The molecule has 1 amide bonds. The van der Waals surface area contributed by atoms with Crippen molar-refractivity contribution in [2.24, 2.45) is 0 Å². The smallest absolute Gasteiger partial charge is 0.216 e. The molecule has 0 bridgehead atoms. The summed E-state index contributed by atoms with van der Waals surface area (Å²) in [6.45, 7) is 2.15. The summed E-state index contributed by atoms with van der Waals surface area (Å²) in [6, 6.07) is 16.1. The van der Waals surface area contributed by atoms with Crippen LogP contribution in [0, 0.1) is 0 Å². The summed E-state index contributed by atoms with van der Waals surface area (Å²) in [5.74, 6) is -0.00536. The molecule has 3 nitrogen and oxygen atoms in total. The van der Waals surface area contributed by atoms with Crippen LogP contribution in [0.1, 0.15) is 12.6 Å². The topological polar surface area (TPSA) is 42.0 Å². The highest BCUT2D eigenvalue weighted by Gasteiger charge is 2.00. The van der Waals surface area contributed by atoms with E-state index >= 15 is 0 Å². The Morgan fingerprint density at radius 3 is 2.61 bits per heavy atom. The Bertz CT molecular complexity index is 523. The number of nitrogens with zero attached hydrogens (tertiary/aromatic N) is 1. The highest BCUT2D eigenvalue weighted by molar-refractivity contribution is 5.72. The van der Waals surface area contributed by atoms with Crippen LogP contribution >= 0.6 is 0 Å². The molecule has 1 aromatic heterocycles. The maximum atomic E-state index is 10.8. The average Bonchev–Trinajstić information content (AvgIpc) is 2.40. The number of amides is 1. The number of pyridine rings is 1. The molecule has 0 fully saturated rings. The number of carbonyl (C=O) groups excluding carboxylic acids is 1. The van der Waals surface area contributed by atoms with Gasteiger partial charge in [0, 0.05) is 31.1 Å². The molecule has 0 aliphatic heterocycles. The second-order valence-electron chi connectivity index (χ2n) is 4.11. The zero-order valence-electron chi connectivity index (χ0n) is 10.4.